The normalized spacial score (nSPS) is 16.0. The molecule has 0 amide bonds. The first-order valence-corrected chi connectivity index (χ1v) is 9.71. The Kier molecular flexibility index (Phi) is 6.85. The number of benzene rings is 2. The third kappa shape index (κ3) is 6.08. The van der Waals surface area contributed by atoms with Gasteiger partial charge in [-0.3, -0.25) is 5.41 Å². The largest absolute Gasteiger partial charge is 0.492 e. The van der Waals surface area contributed by atoms with Crippen molar-refractivity contribution in [1.29, 1.82) is 5.41 Å². The summed E-state index contributed by atoms with van der Waals surface area (Å²) in [6.45, 7) is 2.72. The highest BCUT2D eigenvalue weighted by Gasteiger charge is 2.13. The number of hydrogen-bond donors (Lipinski definition) is 4. The predicted octanol–water partition coefficient (Wildman–Crippen LogP) is 2.46. The van der Waals surface area contributed by atoms with Crippen molar-refractivity contribution in [3.05, 3.63) is 65.2 Å². The quantitative estimate of drug-likeness (QED) is 0.426. The van der Waals surface area contributed by atoms with Crippen LogP contribution in [0.25, 0.3) is 0 Å². The Morgan fingerprint density at radius 3 is 2.52 bits per heavy atom. The van der Waals surface area contributed by atoms with Crippen molar-refractivity contribution in [2.45, 2.75) is 31.7 Å². The van der Waals surface area contributed by atoms with E-state index in [4.69, 9.17) is 21.6 Å². The minimum absolute atomic E-state index is 0.0364. The van der Waals surface area contributed by atoms with Gasteiger partial charge in [0.15, 0.2) is 0 Å². The zero-order valence-corrected chi connectivity index (χ0v) is 15.8. The van der Waals surface area contributed by atoms with Gasteiger partial charge in [0, 0.05) is 11.6 Å². The van der Waals surface area contributed by atoms with E-state index in [9.17, 15) is 0 Å². The second kappa shape index (κ2) is 9.53. The lowest BCUT2D eigenvalue weighted by Crippen LogP contribution is -2.30. The highest BCUT2D eigenvalue weighted by molar-refractivity contribution is 5.95. The van der Waals surface area contributed by atoms with E-state index in [1.165, 1.54) is 30.4 Å². The van der Waals surface area contributed by atoms with Crippen molar-refractivity contribution in [2.24, 2.45) is 17.4 Å². The zero-order chi connectivity index (χ0) is 19.1. The summed E-state index contributed by atoms with van der Waals surface area (Å²) in [4.78, 5) is 0. The SMILES string of the molecule is N=C(N)c1cccc(OC[C@@H](N)Cc2ccc(CC3CCNCC3)cc2)c1. The van der Waals surface area contributed by atoms with Gasteiger partial charge in [0.2, 0.25) is 0 Å². The van der Waals surface area contributed by atoms with Gasteiger partial charge in [-0.2, -0.15) is 0 Å². The standard InChI is InChI=1S/C22H30N4O/c23-20(15-27-21-3-1-2-19(14-21)22(24)25)13-17-6-4-16(5-7-17)12-18-8-10-26-11-9-18/h1-7,14,18,20,26H,8-13,15,23H2,(H3,24,25)/t20-/m0/s1. The highest BCUT2D eigenvalue weighted by atomic mass is 16.5. The van der Waals surface area contributed by atoms with E-state index in [0.29, 0.717) is 17.9 Å². The molecule has 1 saturated heterocycles. The Balaban J connectivity index is 1.46. The summed E-state index contributed by atoms with van der Waals surface area (Å²) in [5, 5.41) is 10.9. The van der Waals surface area contributed by atoms with Crippen LogP contribution in [0.3, 0.4) is 0 Å². The Labute approximate surface area is 161 Å². The van der Waals surface area contributed by atoms with E-state index in [0.717, 1.165) is 25.4 Å². The van der Waals surface area contributed by atoms with Gasteiger partial charge in [0.05, 0.1) is 0 Å². The highest BCUT2D eigenvalue weighted by Crippen LogP contribution is 2.19. The fraction of sp³-hybridized carbons (Fsp3) is 0.409. The third-order valence-corrected chi connectivity index (χ3v) is 5.11. The summed E-state index contributed by atoms with van der Waals surface area (Å²) < 4.78 is 5.77. The summed E-state index contributed by atoms with van der Waals surface area (Å²) in [5.74, 6) is 1.53. The lowest BCUT2D eigenvalue weighted by Gasteiger charge is -2.22. The van der Waals surface area contributed by atoms with E-state index in [1.54, 1.807) is 12.1 Å². The number of piperidine rings is 1. The Hall–Kier alpha value is -2.37. The summed E-state index contributed by atoms with van der Waals surface area (Å²) >= 11 is 0. The molecule has 0 bridgehead atoms. The van der Waals surface area contributed by atoms with Crippen LogP contribution in [-0.2, 0) is 12.8 Å². The molecule has 0 saturated carbocycles. The van der Waals surface area contributed by atoms with Gasteiger partial charge in [0.25, 0.3) is 0 Å². The molecule has 1 aliphatic rings. The van der Waals surface area contributed by atoms with Crippen LogP contribution in [0.2, 0.25) is 0 Å². The smallest absolute Gasteiger partial charge is 0.122 e. The van der Waals surface area contributed by atoms with E-state index in [-0.39, 0.29) is 11.9 Å². The maximum atomic E-state index is 7.49. The van der Waals surface area contributed by atoms with Crippen molar-refractivity contribution in [1.82, 2.24) is 5.32 Å². The molecule has 1 aliphatic heterocycles. The molecular formula is C22H30N4O. The molecule has 3 rings (SSSR count). The Bertz CT molecular complexity index is 738. The minimum atomic E-state index is -0.0822. The average molecular weight is 367 g/mol. The first-order valence-electron chi connectivity index (χ1n) is 9.71. The predicted molar refractivity (Wildman–Crippen MR) is 110 cm³/mol. The number of nitrogen functional groups attached to an aromatic ring is 1. The van der Waals surface area contributed by atoms with Gasteiger partial charge in [-0.1, -0.05) is 36.4 Å². The molecule has 144 valence electrons. The number of nitrogens with two attached hydrogens (primary N) is 2. The van der Waals surface area contributed by atoms with Crippen LogP contribution in [0.4, 0.5) is 0 Å². The van der Waals surface area contributed by atoms with Crippen molar-refractivity contribution in [3.8, 4) is 5.75 Å². The van der Waals surface area contributed by atoms with Gasteiger partial charge in [-0.25, -0.2) is 0 Å². The summed E-state index contributed by atoms with van der Waals surface area (Å²) in [5.41, 5.74) is 15.1. The van der Waals surface area contributed by atoms with Crippen LogP contribution in [0.15, 0.2) is 48.5 Å². The van der Waals surface area contributed by atoms with Crippen LogP contribution in [0.5, 0.6) is 5.75 Å². The van der Waals surface area contributed by atoms with Gasteiger partial charge >= 0.3 is 0 Å². The van der Waals surface area contributed by atoms with Gasteiger partial charge in [-0.05, 0) is 68.0 Å². The number of ether oxygens (including phenoxy) is 1. The molecule has 1 fully saturated rings. The molecule has 2 aromatic carbocycles. The molecule has 27 heavy (non-hydrogen) atoms. The van der Waals surface area contributed by atoms with Crippen LogP contribution in [0.1, 0.15) is 29.5 Å². The number of rotatable bonds is 8. The van der Waals surface area contributed by atoms with Crippen LogP contribution < -0.4 is 21.5 Å². The second-order valence-electron chi connectivity index (χ2n) is 7.43. The van der Waals surface area contributed by atoms with Crippen molar-refractivity contribution < 1.29 is 4.74 Å². The van der Waals surface area contributed by atoms with E-state index in [2.05, 4.69) is 29.6 Å². The molecule has 0 aromatic heterocycles. The maximum absolute atomic E-state index is 7.49. The van der Waals surface area contributed by atoms with E-state index < -0.39 is 0 Å². The summed E-state index contributed by atoms with van der Waals surface area (Å²) in [6.07, 6.45) is 4.49. The summed E-state index contributed by atoms with van der Waals surface area (Å²) in [6, 6.07) is 16.0. The first kappa shape index (κ1) is 19.4. The Morgan fingerprint density at radius 1 is 1.11 bits per heavy atom. The van der Waals surface area contributed by atoms with Crippen LogP contribution >= 0.6 is 0 Å². The first-order chi connectivity index (χ1) is 13.1. The maximum Gasteiger partial charge on any atom is 0.122 e. The lowest BCUT2D eigenvalue weighted by atomic mass is 9.90. The molecule has 0 spiro atoms. The Morgan fingerprint density at radius 2 is 1.81 bits per heavy atom. The summed E-state index contributed by atoms with van der Waals surface area (Å²) in [7, 11) is 0. The fourth-order valence-electron chi connectivity index (χ4n) is 3.55. The fourth-order valence-corrected chi connectivity index (χ4v) is 3.55. The topological polar surface area (TPSA) is 97.2 Å². The second-order valence-corrected chi connectivity index (χ2v) is 7.43. The molecule has 5 nitrogen and oxygen atoms in total. The molecule has 0 unspecified atom stereocenters. The molecule has 5 heteroatoms. The number of nitrogens with one attached hydrogen (secondary N) is 2. The van der Waals surface area contributed by atoms with Crippen molar-refractivity contribution >= 4 is 5.84 Å². The molecule has 0 radical (unpaired) electrons. The third-order valence-electron chi connectivity index (χ3n) is 5.11. The van der Waals surface area contributed by atoms with Gasteiger partial charge in [-0.15, -0.1) is 0 Å². The van der Waals surface area contributed by atoms with Crippen molar-refractivity contribution in [2.75, 3.05) is 19.7 Å². The van der Waals surface area contributed by atoms with Crippen LogP contribution in [0, 0.1) is 11.3 Å². The monoisotopic (exact) mass is 366 g/mol. The van der Waals surface area contributed by atoms with Crippen molar-refractivity contribution in [3.63, 3.8) is 0 Å². The van der Waals surface area contributed by atoms with Crippen LogP contribution in [-0.4, -0.2) is 31.6 Å². The van der Waals surface area contributed by atoms with E-state index in [1.807, 2.05) is 12.1 Å². The molecule has 2 aromatic rings. The zero-order valence-electron chi connectivity index (χ0n) is 15.8. The minimum Gasteiger partial charge on any atom is -0.492 e. The van der Waals surface area contributed by atoms with Gasteiger partial charge < -0.3 is 21.5 Å². The number of amidine groups is 1. The van der Waals surface area contributed by atoms with Gasteiger partial charge in [0.1, 0.15) is 18.2 Å². The number of hydrogen-bond acceptors (Lipinski definition) is 4. The van der Waals surface area contributed by atoms with E-state index >= 15 is 0 Å². The lowest BCUT2D eigenvalue weighted by molar-refractivity contribution is 0.287. The average Bonchev–Trinajstić information content (AvgIpc) is 2.69. The molecule has 0 aliphatic carbocycles. The molecule has 6 N–H and O–H groups in total. The molecule has 1 atom stereocenters. The molecule has 1 heterocycles. The molecular weight excluding hydrogens is 336 g/mol.